The first kappa shape index (κ1) is 25.6. The number of phosphoric acid groups is 3. The van der Waals surface area contributed by atoms with E-state index < -0.39 is 82.4 Å². The highest BCUT2D eigenvalue weighted by Gasteiger charge is 2.57. The molecular weight excluding hydrogens is 560 g/mol. The summed E-state index contributed by atoms with van der Waals surface area (Å²) in [5.41, 5.74) is 1.03. The van der Waals surface area contributed by atoms with E-state index in [9.17, 15) is 42.9 Å². The van der Waals surface area contributed by atoms with Crippen LogP contribution in [-0.4, -0.2) is 68.7 Å². The predicted octanol–water partition coefficient (Wildman–Crippen LogP) is -1.20. The van der Waals surface area contributed by atoms with E-state index in [1.54, 1.807) is 0 Å². The minimum Gasteiger partial charge on any atom is -0.386 e. The van der Waals surface area contributed by atoms with Gasteiger partial charge in [0.1, 0.15) is 17.6 Å². The van der Waals surface area contributed by atoms with Gasteiger partial charge in [0.05, 0.1) is 9.30 Å². The summed E-state index contributed by atoms with van der Waals surface area (Å²) in [5, 5.41) is 21.2. The molecule has 9 N–H and O–H groups in total. The molecular formula is C14H18FN4O14P3. The van der Waals surface area contributed by atoms with Gasteiger partial charge in [-0.1, -0.05) is 5.92 Å². The molecule has 1 aliphatic rings. The Bertz CT molecular complexity index is 1530. The van der Waals surface area contributed by atoms with Crippen LogP contribution >= 0.6 is 23.5 Å². The highest BCUT2D eigenvalue weighted by atomic mass is 31.3. The van der Waals surface area contributed by atoms with E-state index >= 15 is 0 Å². The van der Waals surface area contributed by atoms with Crippen LogP contribution in [0.3, 0.4) is 0 Å². The standard InChI is InChI=1S/C14H18FN4O14P3/c1-2-3-14(22)9(20)7(5-30-35(26,27)33-36(28,29)32-34(23,24)25)31-12(14)19-4-6(15)8-10(19)17-13(16)18-11(8)21/h4,7,9,12,20,22H,5H2,1H3,(H,26,27)(H,28,29)(H2,23,24,25)(H3,16,17,18,21)/t7-,9+,12-,14?/m1/s1/i5D2. The van der Waals surface area contributed by atoms with Gasteiger partial charge in [-0.15, -0.1) is 5.92 Å². The zero-order valence-corrected chi connectivity index (χ0v) is 20.1. The van der Waals surface area contributed by atoms with Crippen LogP contribution in [-0.2, 0) is 31.6 Å². The third-order valence-corrected chi connectivity index (χ3v) is 7.99. The van der Waals surface area contributed by atoms with Gasteiger partial charge < -0.3 is 40.3 Å². The minimum absolute atomic E-state index is 0.509. The molecule has 0 bridgehead atoms. The number of nitrogens with zero attached hydrogens (tertiary/aromatic N) is 2. The molecule has 3 heterocycles. The van der Waals surface area contributed by atoms with Crippen LogP contribution in [0.5, 0.6) is 0 Å². The summed E-state index contributed by atoms with van der Waals surface area (Å²) >= 11 is 0. The second-order valence-corrected chi connectivity index (χ2v) is 11.2. The van der Waals surface area contributed by atoms with Crippen molar-refractivity contribution >= 4 is 40.4 Å². The number of fused-ring (bicyclic) bond motifs is 1. The van der Waals surface area contributed by atoms with Crippen molar-refractivity contribution in [3.05, 3.63) is 22.4 Å². The number of H-pyrrole nitrogens is 1. The number of aliphatic hydroxyl groups excluding tert-OH is 1. The molecule has 22 heteroatoms. The Labute approximate surface area is 201 Å². The van der Waals surface area contributed by atoms with Crippen molar-refractivity contribution in [3.8, 4) is 11.8 Å². The number of ether oxygens (including phenoxy) is 1. The number of halogens is 1. The fraction of sp³-hybridized carbons (Fsp3) is 0.429. The Balaban J connectivity index is 2.02. The summed E-state index contributed by atoms with van der Waals surface area (Å²) in [4.78, 5) is 54.0. The molecule has 2 aromatic heterocycles. The molecule has 6 atom stereocenters. The van der Waals surface area contributed by atoms with Crippen molar-refractivity contribution in [2.75, 3.05) is 12.3 Å². The molecule has 0 radical (unpaired) electrons. The van der Waals surface area contributed by atoms with Crippen LogP contribution in [0.1, 0.15) is 15.9 Å². The molecule has 1 saturated heterocycles. The van der Waals surface area contributed by atoms with Crippen molar-refractivity contribution in [2.24, 2.45) is 0 Å². The number of anilines is 1. The Morgan fingerprint density at radius 2 is 1.97 bits per heavy atom. The van der Waals surface area contributed by atoms with Gasteiger partial charge in [0.15, 0.2) is 23.3 Å². The number of aromatic amines is 1. The number of aliphatic hydroxyl groups is 2. The third-order valence-electron chi connectivity index (χ3n) is 4.32. The lowest BCUT2D eigenvalue weighted by molar-refractivity contribution is -0.0717. The van der Waals surface area contributed by atoms with Gasteiger partial charge in [-0.2, -0.15) is 13.6 Å². The van der Waals surface area contributed by atoms with E-state index in [0.717, 1.165) is 0 Å². The van der Waals surface area contributed by atoms with Gasteiger partial charge in [-0.25, -0.2) is 18.1 Å². The molecule has 18 nitrogen and oxygen atoms in total. The maximum atomic E-state index is 14.6. The first-order valence-electron chi connectivity index (χ1n) is 10.0. The number of phosphoric ester groups is 1. The van der Waals surface area contributed by atoms with E-state index in [1.165, 1.54) is 6.92 Å². The summed E-state index contributed by atoms with van der Waals surface area (Å²) < 4.78 is 81.9. The van der Waals surface area contributed by atoms with Crippen LogP contribution in [0.4, 0.5) is 10.3 Å². The average molecular weight is 580 g/mol. The zero-order chi connectivity index (χ0) is 29.1. The molecule has 0 amide bonds. The number of aromatic nitrogens is 3. The van der Waals surface area contributed by atoms with Gasteiger partial charge in [0.25, 0.3) is 5.56 Å². The van der Waals surface area contributed by atoms with E-state index in [2.05, 4.69) is 30.0 Å². The fourth-order valence-corrected chi connectivity index (χ4v) is 6.00. The summed E-state index contributed by atoms with van der Waals surface area (Å²) in [6, 6.07) is 0. The highest BCUT2D eigenvalue weighted by Crippen LogP contribution is 2.66. The molecule has 2 aromatic rings. The van der Waals surface area contributed by atoms with E-state index in [-0.39, 0.29) is 0 Å². The lowest BCUT2D eigenvalue weighted by Crippen LogP contribution is -2.46. The normalized spacial score (nSPS) is 29.1. The van der Waals surface area contributed by atoms with Crippen molar-refractivity contribution in [1.82, 2.24) is 14.5 Å². The fourth-order valence-electron chi connectivity index (χ4n) is 3.12. The van der Waals surface area contributed by atoms with Gasteiger partial charge >= 0.3 is 23.5 Å². The molecule has 200 valence electrons. The number of nitrogens with one attached hydrogen (secondary N) is 1. The number of nitrogens with two attached hydrogens (primary N) is 1. The first-order valence-corrected chi connectivity index (χ1v) is 13.5. The smallest absolute Gasteiger partial charge is 0.386 e. The Morgan fingerprint density at radius 3 is 2.56 bits per heavy atom. The van der Waals surface area contributed by atoms with E-state index in [1.807, 2.05) is 4.98 Å². The lowest BCUT2D eigenvalue weighted by Gasteiger charge is -2.26. The van der Waals surface area contributed by atoms with Crippen LogP contribution < -0.4 is 11.3 Å². The SMILES string of the molecule is [2H]C([2H])(OP(=O)(O)OP(=O)(O)OP(=O)(O)O)[C@H]1O[C@@H](n2cc(F)c3c(=O)[nH]c(N)nc32)C(O)(C#CC)[C@H]1O. The average Bonchev–Trinajstić information content (AvgIpc) is 3.12. The zero-order valence-electron chi connectivity index (χ0n) is 19.5. The lowest BCUT2D eigenvalue weighted by atomic mass is 9.94. The molecule has 3 rings (SSSR count). The van der Waals surface area contributed by atoms with Crippen LogP contribution in [0.2, 0.25) is 0 Å². The molecule has 1 fully saturated rings. The largest absolute Gasteiger partial charge is 0.490 e. The summed E-state index contributed by atoms with van der Waals surface area (Å²) in [6.07, 6.45) is -6.51. The molecule has 1 aliphatic heterocycles. The van der Waals surface area contributed by atoms with Crippen molar-refractivity contribution < 1.29 is 68.5 Å². The highest BCUT2D eigenvalue weighted by molar-refractivity contribution is 7.66. The third kappa shape index (κ3) is 5.93. The van der Waals surface area contributed by atoms with Gasteiger partial charge in [0, 0.05) is 6.20 Å². The van der Waals surface area contributed by atoms with Gasteiger partial charge in [-0.05, 0) is 6.92 Å². The quantitative estimate of drug-likeness (QED) is 0.134. The van der Waals surface area contributed by atoms with E-state index in [0.29, 0.717) is 10.8 Å². The van der Waals surface area contributed by atoms with Gasteiger partial charge in [0.2, 0.25) is 5.95 Å². The Hall–Kier alpha value is -2.00. The monoisotopic (exact) mass is 580 g/mol. The summed E-state index contributed by atoms with van der Waals surface area (Å²) in [6.45, 7) is -2.56. The number of hydrogen-bond acceptors (Lipinski definition) is 12. The molecule has 36 heavy (non-hydrogen) atoms. The Kier molecular flexibility index (Phi) is 6.91. The molecule has 0 saturated carbocycles. The summed E-state index contributed by atoms with van der Waals surface area (Å²) in [5.74, 6) is 2.62. The van der Waals surface area contributed by atoms with Gasteiger partial charge in [-0.3, -0.25) is 18.9 Å². The second kappa shape index (κ2) is 9.71. The second-order valence-electron chi connectivity index (χ2n) is 6.89. The number of hydrogen-bond donors (Lipinski definition) is 8. The van der Waals surface area contributed by atoms with Crippen LogP contribution in [0.25, 0.3) is 11.0 Å². The molecule has 0 aromatic carbocycles. The number of rotatable bonds is 8. The maximum Gasteiger partial charge on any atom is 0.490 e. The molecule has 3 unspecified atom stereocenters. The topological polar surface area (TPSA) is 286 Å². The Morgan fingerprint density at radius 1 is 1.33 bits per heavy atom. The van der Waals surface area contributed by atoms with Crippen LogP contribution in [0.15, 0.2) is 11.0 Å². The van der Waals surface area contributed by atoms with Crippen molar-refractivity contribution in [2.45, 2.75) is 31.0 Å². The first-order chi connectivity index (χ1) is 17.1. The number of nitrogen functional groups attached to an aromatic ring is 1. The maximum absolute atomic E-state index is 14.6. The predicted molar refractivity (Wildman–Crippen MR) is 113 cm³/mol. The van der Waals surface area contributed by atoms with Crippen LogP contribution in [0, 0.1) is 17.7 Å². The summed E-state index contributed by atoms with van der Waals surface area (Å²) in [7, 11) is -17.9. The van der Waals surface area contributed by atoms with E-state index in [4.69, 9.17) is 23.0 Å². The molecule has 0 aliphatic carbocycles. The minimum atomic E-state index is -6.10. The molecule has 0 spiro atoms. The van der Waals surface area contributed by atoms with Crippen molar-refractivity contribution in [3.63, 3.8) is 0 Å². The van der Waals surface area contributed by atoms with Crippen molar-refractivity contribution in [1.29, 1.82) is 0 Å².